The highest BCUT2D eigenvalue weighted by molar-refractivity contribution is 8.00. The van der Waals surface area contributed by atoms with Gasteiger partial charge in [0.05, 0.1) is 28.1 Å². The predicted octanol–water partition coefficient (Wildman–Crippen LogP) is 5.49. The van der Waals surface area contributed by atoms with Crippen LogP contribution in [0.1, 0.15) is 5.56 Å². The second-order valence-electron chi connectivity index (χ2n) is 5.38. The Bertz CT molecular complexity index is 987. The quantitative estimate of drug-likeness (QED) is 0.543. The van der Waals surface area contributed by atoms with E-state index in [0.29, 0.717) is 15.6 Å². The third kappa shape index (κ3) is 5.76. The number of pyridine rings is 1. The van der Waals surface area contributed by atoms with Crippen molar-refractivity contribution in [1.29, 1.82) is 5.26 Å². The lowest BCUT2D eigenvalue weighted by atomic mass is 10.3. The van der Waals surface area contributed by atoms with Crippen LogP contribution in [-0.4, -0.2) is 16.6 Å². The van der Waals surface area contributed by atoms with Crippen LogP contribution >= 0.6 is 35.1 Å². The Hall–Kier alpha value is -2.46. The molecule has 0 spiro atoms. The number of hydrogen-bond donors (Lipinski definition) is 1. The van der Waals surface area contributed by atoms with E-state index in [-0.39, 0.29) is 11.7 Å². The fourth-order valence-corrected chi connectivity index (χ4v) is 3.90. The van der Waals surface area contributed by atoms with Gasteiger partial charge in [0.15, 0.2) is 0 Å². The van der Waals surface area contributed by atoms with Crippen molar-refractivity contribution in [3.63, 3.8) is 0 Å². The minimum absolute atomic E-state index is 0.131. The lowest BCUT2D eigenvalue weighted by Gasteiger charge is -2.10. The van der Waals surface area contributed by atoms with Crippen molar-refractivity contribution in [2.75, 3.05) is 11.1 Å². The standard InChI is InChI=1S/C20H14ClN3OS2/c21-15-5-7-16(8-6-15)27-18-4-2-1-3-17(18)24-19(25)13-26-20-11-14(12-22)9-10-23-20/h1-11H,13H2,(H,24,25). The molecule has 0 unspecified atom stereocenters. The molecule has 1 N–H and O–H groups in total. The van der Waals surface area contributed by atoms with Crippen LogP contribution < -0.4 is 5.32 Å². The second-order valence-corrected chi connectivity index (χ2v) is 7.93. The fourth-order valence-electron chi connectivity index (χ4n) is 2.17. The first kappa shape index (κ1) is 19.3. The molecule has 2 aromatic carbocycles. The minimum atomic E-state index is -0.131. The number of rotatable bonds is 6. The summed E-state index contributed by atoms with van der Waals surface area (Å²) in [5.41, 5.74) is 1.28. The largest absolute Gasteiger partial charge is 0.324 e. The second kappa shape index (κ2) is 9.47. The van der Waals surface area contributed by atoms with Crippen LogP contribution in [0.5, 0.6) is 0 Å². The van der Waals surface area contributed by atoms with Gasteiger partial charge in [-0.3, -0.25) is 4.79 Å². The van der Waals surface area contributed by atoms with Gasteiger partial charge in [-0.2, -0.15) is 5.26 Å². The van der Waals surface area contributed by atoms with Crippen molar-refractivity contribution in [3.8, 4) is 6.07 Å². The van der Waals surface area contributed by atoms with Gasteiger partial charge >= 0.3 is 0 Å². The molecule has 27 heavy (non-hydrogen) atoms. The number of nitrogens with zero attached hydrogens (tertiary/aromatic N) is 2. The summed E-state index contributed by atoms with van der Waals surface area (Å²) >= 11 is 8.78. The van der Waals surface area contributed by atoms with E-state index in [2.05, 4.69) is 16.4 Å². The molecule has 3 aromatic rings. The predicted molar refractivity (Wildman–Crippen MR) is 110 cm³/mol. The lowest BCUT2D eigenvalue weighted by molar-refractivity contribution is -0.113. The molecule has 0 atom stereocenters. The number of thioether (sulfide) groups is 1. The third-order valence-corrected chi connectivity index (χ3v) is 5.68. The number of nitriles is 1. The van der Waals surface area contributed by atoms with Crippen LogP contribution in [0.15, 0.2) is 81.7 Å². The number of benzene rings is 2. The summed E-state index contributed by atoms with van der Waals surface area (Å²) in [6.07, 6.45) is 1.57. The molecular weight excluding hydrogens is 398 g/mol. The molecule has 1 amide bonds. The van der Waals surface area contributed by atoms with E-state index in [1.807, 2.05) is 48.5 Å². The average molecular weight is 412 g/mol. The normalized spacial score (nSPS) is 10.2. The molecule has 0 radical (unpaired) electrons. The molecule has 4 nitrogen and oxygen atoms in total. The SMILES string of the molecule is N#Cc1ccnc(SCC(=O)Nc2ccccc2Sc2ccc(Cl)cc2)c1. The number of anilines is 1. The summed E-state index contributed by atoms with van der Waals surface area (Å²) in [5.74, 6) is 0.0790. The zero-order valence-corrected chi connectivity index (χ0v) is 16.4. The fraction of sp³-hybridized carbons (Fsp3) is 0.0500. The van der Waals surface area contributed by atoms with E-state index in [4.69, 9.17) is 16.9 Å². The van der Waals surface area contributed by atoms with Crippen LogP contribution in [0, 0.1) is 11.3 Å². The van der Waals surface area contributed by atoms with E-state index in [1.165, 1.54) is 11.8 Å². The van der Waals surface area contributed by atoms with Crippen molar-refractivity contribution in [1.82, 2.24) is 4.98 Å². The maximum absolute atomic E-state index is 12.3. The molecule has 0 saturated carbocycles. The smallest absolute Gasteiger partial charge is 0.234 e. The summed E-state index contributed by atoms with van der Waals surface area (Å²) in [4.78, 5) is 18.5. The highest BCUT2D eigenvalue weighted by atomic mass is 35.5. The summed E-state index contributed by atoms with van der Waals surface area (Å²) < 4.78 is 0. The summed E-state index contributed by atoms with van der Waals surface area (Å²) in [5, 5.41) is 13.2. The Kier molecular flexibility index (Phi) is 6.77. The molecule has 0 aliphatic carbocycles. The van der Waals surface area contributed by atoms with E-state index < -0.39 is 0 Å². The number of halogens is 1. The van der Waals surface area contributed by atoms with Crippen LogP contribution in [0.25, 0.3) is 0 Å². The third-order valence-electron chi connectivity index (χ3n) is 3.42. The van der Waals surface area contributed by atoms with E-state index in [0.717, 1.165) is 15.5 Å². The van der Waals surface area contributed by atoms with Crippen LogP contribution in [0.3, 0.4) is 0 Å². The van der Waals surface area contributed by atoms with Crippen molar-refractivity contribution in [3.05, 3.63) is 77.4 Å². The Labute approximate surface area is 171 Å². The molecule has 0 fully saturated rings. The molecular formula is C20H14ClN3OS2. The maximum Gasteiger partial charge on any atom is 0.234 e. The lowest BCUT2D eigenvalue weighted by Crippen LogP contribution is -2.14. The van der Waals surface area contributed by atoms with Gasteiger partial charge in [-0.25, -0.2) is 4.98 Å². The molecule has 0 bridgehead atoms. The number of carbonyl (C=O) groups excluding carboxylic acids is 1. The molecule has 7 heteroatoms. The van der Waals surface area contributed by atoms with Gasteiger partial charge in [-0.1, -0.05) is 47.3 Å². The van der Waals surface area contributed by atoms with E-state index >= 15 is 0 Å². The monoisotopic (exact) mass is 411 g/mol. The minimum Gasteiger partial charge on any atom is -0.324 e. The molecule has 0 aliphatic rings. The van der Waals surface area contributed by atoms with Gasteiger partial charge in [-0.15, -0.1) is 0 Å². The number of aromatic nitrogens is 1. The van der Waals surface area contributed by atoms with Gasteiger partial charge in [0, 0.05) is 21.0 Å². The van der Waals surface area contributed by atoms with Gasteiger partial charge in [0.1, 0.15) is 0 Å². The Balaban J connectivity index is 1.64. The zero-order chi connectivity index (χ0) is 19.1. The number of carbonyl (C=O) groups is 1. The first-order valence-electron chi connectivity index (χ1n) is 7.95. The topological polar surface area (TPSA) is 65.8 Å². The Morgan fingerprint density at radius 2 is 1.93 bits per heavy atom. The van der Waals surface area contributed by atoms with Crippen LogP contribution in [0.4, 0.5) is 5.69 Å². The zero-order valence-electron chi connectivity index (χ0n) is 14.1. The summed E-state index contributed by atoms with van der Waals surface area (Å²) in [6, 6.07) is 20.6. The molecule has 3 rings (SSSR count). The van der Waals surface area contributed by atoms with Crippen molar-refractivity contribution in [2.24, 2.45) is 0 Å². The van der Waals surface area contributed by atoms with Crippen molar-refractivity contribution in [2.45, 2.75) is 14.8 Å². The first-order valence-corrected chi connectivity index (χ1v) is 10.1. The Morgan fingerprint density at radius 1 is 1.15 bits per heavy atom. The summed E-state index contributed by atoms with van der Waals surface area (Å²) in [6.45, 7) is 0. The molecule has 0 saturated heterocycles. The van der Waals surface area contributed by atoms with Crippen LogP contribution in [0.2, 0.25) is 5.02 Å². The molecule has 0 aliphatic heterocycles. The van der Waals surface area contributed by atoms with Crippen molar-refractivity contribution < 1.29 is 4.79 Å². The number of para-hydroxylation sites is 1. The molecule has 1 aromatic heterocycles. The van der Waals surface area contributed by atoms with Gasteiger partial charge in [0.25, 0.3) is 0 Å². The average Bonchev–Trinajstić information content (AvgIpc) is 2.70. The van der Waals surface area contributed by atoms with Crippen LogP contribution in [-0.2, 0) is 4.79 Å². The van der Waals surface area contributed by atoms with Gasteiger partial charge in [0.2, 0.25) is 5.91 Å². The summed E-state index contributed by atoms with van der Waals surface area (Å²) in [7, 11) is 0. The number of amides is 1. The molecule has 134 valence electrons. The molecule has 1 heterocycles. The van der Waals surface area contributed by atoms with E-state index in [1.54, 1.807) is 30.1 Å². The van der Waals surface area contributed by atoms with E-state index in [9.17, 15) is 4.79 Å². The van der Waals surface area contributed by atoms with Gasteiger partial charge in [-0.05, 0) is 48.5 Å². The van der Waals surface area contributed by atoms with Gasteiger partial charge < -0.3 is 5.32 Å². The Morgan fingerprint density at radius 3 is 2.70 bits per heavy atom. The number of nitrogens with one attached hydrogen (secondary N) is 1. The highest BCUT2D eigenvalue weighted by Crippen LogP contribution is 2.34. The maximum atomic E-state index is 12.3. The van der Waals surface area contributed by atoms with Crippen molar-refractivity contribution >= 4 is 46.7 Å². The first-order chi connectivity index (χ1) is 13.1. The number of hydrogen-bond acceptors (Lipinski definition) is 5. The highest BCUT2D eigenvalue weighted by Gasteiger charge is 2.09.